The number of anilines is 3. The highest BCUT2D eigenvalue weighted by Crippen LogP contribution is 2.22. The molecule has 0 spiro atoms. The minimum Gasteiger partial charge on any atom is -0.332 e. The highest BCUT2D eigenvalue weighted by Gasteiger charge is 2.06. The molecule has 0 fully saturated rings. The van der Waals surface area contributed by atoms with Gasteiger partial charge in [-0.2, -0.15) is 0 Å². The lowest BCUT2D eigenvalue weighted by Crippen LogP contribution is -2.19. The van der Waals surface area contributed by atoms with E-state index in [1.165, 1.54) is 24.9 Å². The van der Waals surface area contributed by atoms with Crippen molar-refractivity contribution in [1.29, 1.82) is 0 Å². The van der Waals surface area contributed by atoms with E-state index in [4.69, 9.17) is 23.8 Å². The molecular formula is C22H19ClN4O2S2. The van der Waals surface area contributed by atoms with Gasteiger partial charge in [-0.25, -0.2) is 4.98 Å². The maximum absolute atomic E-state index is 12.1. The van der Waals surface area contributed by atoms with Crippen molar-refractivity contribution < 1.29 is 9.59 Å². The fourth-order valence-electron chi connectivity index (χ4n) is 2.52. The van der Waals surface area contributed by atoms with Crippen molar-refractivity contribution in [2.75, 3.05) is 21.7 Å². The number of rotatable bonds is 7. The molecule has 3 N–H and O–H groups in total. The van der Waals surface area contributed by atoms with E-state index in [1.54, 1.807) is 36.4 Å². The first-order valence-corrected chi connectivity index (χ1v) is 11.0. The van der Waals surface area contributed by atoms with Gasteiger partial charge in [-0.15, -0.1) is 11.8 Å². The number of ketones is 1. The largest absolute Gasteiger partial charge is 0.332 e. The first kappa shape index (κ1) is 22.7. The number of carbonyl (C=O) groups excluding carboxylic acids is 2. The number of hydrogen-bond donors (Lipinski definition) is 3. The van der Waals surface area contributed by atoms with E-state index in [-0.39, 0.29) is 17.4 Å². The van der Waals surface area contributed by atoms with Crippen molar-refractivity contribution in [1.82, 2.24) is 4.98 Å². The molecule has 1 aromatic heterocycles. The highest BCUT2D eigenvalue weighted by atomic mass is 35.5. The number of carbonyl (C=O) groups is 2. The molecule has 0 aliphatic carbocycles. The van der Waals surface area contributed by atoms with E-state index >= 15 is 0 Å². The molecule has 1 amide bonds. The van der Waals surface area contributed by atoms with Crippen molar-refractivity contribution in [2.45, 2.75) is 11.8 Å². The van der Waals surface area contributed by atoms with Crippen LogP contribution >= 0.6 is 35.6 Å². The Labute approximate surface area is 194 Å². The Morgan fingerprint density at radius 3 is 2.42 bits per heavy atom. The lowest BCUT2D eigenvalue weighted by molar-refractivity contribution is -0.113. The molecule has 9 heteroatoms. The number of thiocarbonyl (C=S) groups is 1. The summed E-state index contributed by atoms with van der Waals surface area (Å²) in [5.74, 6) is 0.543. The molecule has 0 unspecified atom stereocenters. The number of Topliss-reactive ketones (excluding diaryl/α,β-unsaturated/α-hetero) is 1. The van der Waals surface area contributed by atoms with Crippen molar-refractivity contribution in [3.63, 3.8) is 0 Å². The SMILES string of the molecule is CC(=O)c1ccc(NC(=S)Nc2cccc(SCC(=O)Nc3ccc(Cl)cn3)c2)cc1. The van der Waals surface area contributed by atoms with Crippen molar-refractivity contribution in [2.24, 2.45) is 0 Å². The number of nitrogens with one attached hydrogen (secondary N) is 3. The fourth-order valence-corrected chi connectivity index (χ4v) is 3.63. The van der Waals surface area contributed by atoms with Gasteiger partial charge in [-0.05, 0) is 73.7 Å². The summed E-state index contributed by atoms with van der Waals surface area (Å²) in [6.45, 7) is 1.53. The molecule has 0 saturated heterocycles. The van der Waals surface area contributed by atoms with Gasteiger partial charge in [-0.3, -0.25) is 9.59 Å². The van der Waals surface area contributed by atoms with Gasteiger partial charge < -0.3 is 16.0 Å². The normalized spacial score (nSPS) is 10.3. The first-order chi connectivity index (χ1) is 14.9. The summed E-state index contributed by atoms with van der Waals surface area (Å²) in [6.07, 6.45) is 1.48. The standard InChI is InChI=1S/C22H19ClN4O2S2/c1-14(28)15-5-8-17(9-6-15)25-22(30)26-18-3-2-4-19(11-18)31-13-21(29)27-20-10-7-16(23)12-24-20/h2-12H,13H2,1H3,(H,24,27,29)(H2,25,26,30). The third kappa shape index (κ3) is 7.36. The molecule has 0 aliphatic heterocycles. The second-order valence-electron chi connectivity index (χ2n) is 6.44. The van der Waals surface area contributed by atoms with Gasteiger partial charge in [0.05, 0.1) is 10.8 Å². The van der Waals surface area contributed by atoms with Crippen LogP contribution in [0.5, 0.6) is 0 Å². The van der Waals surface area contributed by atoms with Gasteiger partial charge >= 0.3 is 0 Å². The summed E-state index contributed by atoms with van der Waals surface area (Å²) in [5.41, 5.74) is 2.22. The summed E-state index contributed by atoms with van der Waals surface area (Å²) in [7, 11) is 0. The van der Waals surface area contributed by atoms with Crippen LogP contribution in [0.3, 0.4) is 0 Å². The fraction of sp³-hybridized carbons (Fsp3) is 0.0909. The Kier molecular flexibility index (Phi) is 8.00. The molecule has 0 atom stereocenters. The van der Waals surface area contributed by atoms with Gasteiger partial charge in [0.2, 0.25) is 5.91 Å². The molecule has 2 aromatic carbocycles. The predicted molar refractivity (Wildman–Crippen MR) is 131 cm³/mol. The van der Waals surface area contributed by atoms with Crippen LogP contribution in [-0.4, -0.2) is 27.5 Å². The molecule has 0 bridgehead atoms. The van der Waals surface area contributed by atoms with Gasteiger partial charge in [0.1, 0.15) is 5.82 Å². The van der Waals surface area contributed by atoms with Gasteiger partial charge in [-0.1, -0.05) is 17.7 Å². The summed E-state index contributed by atoms with van der Waals surface area (Å²) in [4.78, 5) is 28.4. The second-order valence-corrected chi connectivity index (χ2v) is 8.33. The van der Waals surface area contributed by atoms with E-state index in [1.807, 2.05) is 24.3 Å². The lowest BCUT2D eigenvalue weighted by Gasteiger charge is -2.12. The molecule has 3 rings (SSSR count). The Balaban J connectivity index is 1.51. The third-order valence-electron chi connectivity index (χ3n) is 4.01. The summed E-state index contributed by atoms with van der Waals surface area (Å²) in [5, 5.41) is 9.86. The van der Waals surface area contributed by atoms with Crippen LogP contribution in [0, 0.1) is 0 Å². The van der Waals surface area contributed by atoms with Crippen LogP contribution in [0.1, 0.15) is 17.3 Å². The molecule has 0 saturated carbocycles. The Morgan fingerprint density at radius 2 is 1.74 bits per heavy atom. The topological polar surface area (TPSA) is 83.1 Å². The molecule has 3 aromatic rings. The third-order valence-corrected chi connectivity index (χ3v) is 5.43. The zero-order valence-electron chi connectivity index (χ0n) is 16.5. The highest BCUT2D eigenvalue weighted by molar-refractivity contribution is 8.00. The molecule has 158 valence electrons. The zero-order chi connectivity index (χ0) is 22.2. The van der Waals surface area contributed by atoms with Crippen LogP contribution in [0.15, 0.2) is 71.8 Å². The smallest absolute Gasteiger partial charge is 0.235 e. The lowest BCUT2D eigenvalue weighted by atomic mass is 10.1. The predicted octanol–water partition coefficient (Wildman–Crippen LogP) is 5.48. The van der Waals surface area contributed by atoms with E-state index in [2.05, 4.69) is 20.9 Å². The molecule has 0 aliphatic rings. The molecular weight excluding hydrogens is 452 g/mol. The Hall–Kier alpha value is -2.94. The van der Waals surface area contributed by atoms with Crippen LogP contribution in [0.2, 0.25) is 5.02 Å². The number of aromatic nitrogens is 1. The monoisotopic (exact) mass is 470 g/mol. The molecule has 0 radical (unpaired) electrons. The van der Waals surface area contributed by atoms with Gasteiger partial charge in [0.25, 0.3) is 0 Å². The number of pyridine rings is 1. The van der Waals surface area contributed by atoms with Gasteiger partial charge in [0, 0.05) is 28.0 Å². The molecule has 6 nitrogen and oxygen atoms in total. The van der Waals surface area contributed by atoms with E-state index in [0.717, 1.165) is 16.3 Å². The van der Waals surface area contributed by atoms with E-state index in [9.17, 15) is 9.59 Å². The van der Waals surface area contributed by atoms with Crippen LogP contribution < -0.4 is 16.0 Å². The average Bonchev–Trinajstić information content (AvgIpc) is 2.74. The number of thioether (sulfide) groups is 1. The first-order valence-electron chi connectivity index (χ1n) is 9.22. The summed E-state index contributed by atoms with van der Waals surface area (Å²) < 4.78 is 0. The Bertz CT molecular complexity index is 1090. The minimum absolute atomic E-state index is 0.0136. The van der Waals surface area contributed by atoms with Crippen molar-refractivity contribution in [3.8, 4) is 0 Å². The number of hydrogen-bond acceptors (Lipinski definition) is 5. The van der Waals surface area contributed by atoms with Crippen LogP contribution in [-0.2, 0) is 4.79 Å². The van der Waals surface area contributed by atoms with Crippen molar-refractivity contribution >= 4 is 69.6 Å². The van der Waals surface area contributed by atoms with Crippen molar-refractivity contribution in [3.05, 3.63) is 77.4 Å². The minimum atomic E-state index is -0.163. The maximum atomic E-state index is 12.1. The quantitative estimate of drug-likeness (QED) is 0.239. The van der Waals surface area contributed by atoms with E-state index in [0.29, 0.717) is 21.5 Å². The molecule has 31 heavy (non-hydrogen) atoms. The number of benzene rings is 2. The van der Waals surface area contributed by atoms with E-state index < -0.39 is 0 Å². The zero-order valence-corrected chi connectivity index (χ0v) is 18.9. The Morgan fingerprint density at radius 1 is 1.00 bits per heavy atom. The van der Waals surface area contributed by atoms with Gasteiger partial charge in [0.15, 0.2) is 10.9 Å². The summed E-state index contributed by atoms with van der Waals surface area (Å²) in [6, 6.07) is 18.0. The van der Waals surface area contributed by atoms with Crippen LogP contribution in [0.4, 0.5) is 17.2 Å². The summed E-state index contributed by atoms with van der Waals surface area (Å²) >= 11 is 12.5. The number of nitrogens with zero attached hydrogens (tertiary/aromatic N) is 1. The maximum Gasteiger partial charge on any atom is 0.235 e. The second kappa shape index (κ2) is 10.9. The number of amides is 1. The van der Waals surface area contributed by atoms with Crippen LogP contribution in [0.25, 0.3) is 0 Å². The average molecular weight is 471 g/mol. The molecule has 1 heterocycles. The number of halogens is 1.